The van der Waals surface area contributed by atoms with Crippen LogP contribution in [0.15, 0.2) is 30.3 Å². The summed E-state index contributed by atoms with van der Waals surface area (Å²) in [6.07, 6.45) is -0.778. The first-order valence-corrected chi connectivity index (χ1v) is 6.04. The van der Waals surface area contributed by atoms with Crippen molar-refractivity contribution in [2.45, 2.75) is 25.5 Å². The number of primary amides is 2. The molecule has 0 aromatic heterocycles. The van der Waals surface area contributed by atoms with Gasteiger partial charge in [-0.25, -0.2) is 4.79 Å². The molecule has 0 aliphatic rings. The van der Waals surface area contributed by atoms with Crippen LogP contribution < -0.4 is 16.8 Å². The number of alkyl carbamates (subject to hydrolysis) is 1. The lowest BCUT2D eigenvalue weighted by Gasteiger charge is -2.14. The molecule has 0 heterocycles. The highest BCUT2D eigenvalue weighted by molar-refractivity contribution is 5.85. The largest absolute Gasteiger partial charge is 0.445 e. The second-order valence-electron chi connectivity index (χ2n) is 4.17. The molecule has 3 amide bonds. The van der Waals surface area contributed by atoms with Crippen molar-refractivity contribution in [1.82, 2.24) is 5.32 Å². The lowest BCUT2D eigenvalue weighted by molar-refractivity contribution is -0.120. The van der Waals surface area contributed by atoms with Gasteiger partial charge in [-0.05, 0) is 12.0 Å². The van der Waals surface area contributed by atoms with Gasteiger partial charge in [0.15, 0.2) is 0 Å². The molecule has 1 rings (SSSR count). The summed E-state index contributed by atoms with van der Waals surface area (Å²) in [7, 11) is 0. The predicted octanol–water partition coefficient (Wildman–Crippen LogP) is 0.0322. The van der Waals surface area contributed by atoms with Crippen LogP contribution in [0, 0.1) is 0 Å². The minimum absolute atomic E-state index is 0.0467. The molecule has 0 saturated heterocycles. The van der Waals surface area contributed by atoms with Crippen LogP contribution in [0.4, 0.5) is 4.79 Å². The van der Waals surface area contributed by atoms with Crippen molar-refractivity contribution in [3.8, 4) is 0 Å². The minimum Gasteiger partial charge on any atom is -0.445 e. The SMILES string of the molecule is NC(=O)CC[C@H](NC(=O)OCc1ccccc1)C(N)=O. The third kappa shape index (κ3) is 5.85. The molecule has 0 saturated carbocycles. The topological polar surface area (TPSA) is 125 Å². The summed E-state index contributed by atoms with van der Waals surface area (Å²) in [5, 5.41) is 2.30. The van der Waals surface area contributed by atoms with Crippen molar-refractivity contribution in [2.75, 3.05) is 0 Å². The molecular formula is C13H17N3O4. The van der Waals surface area contributed by atoms with Gasteiger partial charge in [-0.2, -0.15) is 0 Å². The zero-order valence-electron chi connectivity index (χ0n) is 10.9. The van der Waals surface area contributed by atoms with Gasteiger partial charge in [-0.3, -0.25) is 9.59 Å². The van der Waals surface area contributed by atoms with Crippen LogP contribution in [0.5, 0.6) is 0 Å². The average molecular weight is 279 g/mol. The van der Waals surface area contributed by atoms with E-state index >= 15 is 0 Å². The fourth-order valence-corrected chi connectivity index (χ4v) is 1.48. The molecule has 0 spiro atoms. The average Bonchev–Trinajstić information content (AvgIpc) is 2.41. The first kappa shape index (κ1) is 15.5. The summed E-state index contributed by atoms with van der Waals surface area (Å²) in [6.45, 7) is 0.0774. The molecule has 0 unspecified atom stereocenters. The van der Waals surface area contributed by atoms with E-state index in [9.17, 15) is 14.4 Å². The van der Waals surface area contributed by atoms with Crippen LogP contribution >= 0.6 is 0 Å². The van der Waals surface area contributed by atoms with Crippen molar-refractivity contribution in [3.05, 3.63) is 35.9 Å². The van der Waals surface area contributed by atoms with E-state index in [-0.39, 0.29) is 19.4 Å². The van der Waals surface area contributed by atoms with Crippen LogP contribution in [0.3, 0.4) is 0 Å². The zero-order valence-corrected chi connectivity index (χ0v) is 10.9. The molecule has 108 valence electrons. The third-order valence-electron chi connectivity index (χ3n) is 2.53. The molecule has 1 aromatic rings. The number of carbonyl (C=O) groups is 3. The fourth-order valence-electron chi connectivity index (χ4n) is 1.48. The van der Waals surface area contributed by atoms with Gasteiger partial charge in [0.25, 0.3) is 0 Å². The Bertz CT molecular complexity index is 476. The number of nitrogens with two attached hydrogens (primary N) is 2. The molecular weight excluding hydrogens is 262 g/mol. The van der Waals surface area contributed by atoms with Gasteiger partial charge < -0.3 is 21.5 Å². The molecule has 0 aliphatic carbocycles. The Balaban J connectivity index is 2.41. The maximum atomic E-state index is 11.5. The first-order valence-electron chi connectivity index (χ1n) is 6.04. The lowest BCUT2D eigenvalue weighted by atomic mass is 10.1. The maximum absolute atomic E-state index is 11.5. The molecule has 0 bridgehead atoms. The lowest BCUT2D eigenvalue weighted by Crippen LogP contribution is -2.45. The summed E-state index contributed by atoms with van der Waals surface area (Å²) in [5.74, 6) is -1.32. The molecule has 7 nitrogen and oxygen atoms in total. The Morgan fingerprint density at radius 2 is 1.80 bits per heavy atom. The molecule has 20 heavy (non-hydrogen) atoms. The monoisotopic (exact) mass is 279 g/mol. The summed E-state index contributed by atoms with van der Waals surface area (Å²) in [4.78, 5) is 33.3. The molecule has 5 N–H and O–H groups in total. The number of amides is 3. The van der Waals surface area contributed by atoms with Gasteiger partial charge in [-0.1, -0.05) is 30.3 Å². The van der Waals surface area contributed by atoms with E-state index < -0.39 is 23.9 Å². The van der Waals surface area contributed by atoms with Gasteiger partial charge in [0.05, 0.1) is 0 Å². The Kier molecular flexibility index (Phi) is 6.02. The number of nitrogens with one attached hydrogen (secondary N) is 1. The summed E-state index contributed by atoms with van der Waals surface area (Å²) in [5.41, 5.74) is 10.9. The van der Waals surface area contributed by atoms with E-state index in [1.807, 2.05) is 18.2 Å². The number of hydrogen-bond acceptors (Lipinski definition) is 4. The Hall–Kier alpha value is -2.57. The van der Waals surface area contributed by atoms with Crippen LogP contribution in [0.25, 0.3) is 0 Å². The Labute approximate surface area is 116 Å². The zero-order chi connectivity index (χ0) is 15.0. The van der Waals surface area contributed by atoms with Gasteiger partial charge >= 0.3 is 6.09 Å². The van der Waals surface area contributed by atoms with Crippen molar-refractivity contribution < 1.29 is 19.1 Å². The molecule has 0 fully saturated rings. The minimum atomic E-state index is -0.981. The van der Waals surface area contributed by atoms with Gasteiger partial charge in [-0.15, -0.1) is 0 Å². The van der Waals surface area contributed by atoms with E-state index in [4.69, 9.17) is 16.2 Å². The highest BCUT2D eigenvalue weighted by atomic mass is 16.5. The van der Waals surface area contributed by atoms with Crippen LogP contribution in [0.2, 0.25) is 0 Å². The van der Waals surface area contributed by atoms with E-state index in [0.717, 1.165) is 5.56 Å². The normalized spacial score (nSPS) is 11.4. The highest BCUT2D eigenvalue weighted by Gasteiger charge is 2.19. The van der Waals surface area contributed by atoms with Crippen molar-refractivity contribution in [1.29, 1.82) is 0 Å². The van der Waals surface area contributed by atoms with E-state index in [1.165, 1.54) is 0 Å². The summed E-state index contributed by atoms with van der Waals surface area (Å²) < 4.78 is 4.94. The van der Waals surface area contributed by atoms with Crippen molar-refractivity contribution >= 4 is 17.9 Å². The predicted molar refractivity (Wildman–Crippen MR) is 71.2 cm³/mol. The van der Waals surface area contributed by atoms with E-state index in [1.54, 1.807) is 12.1 Å². The van der Waals surface area contributed by atoms with Gasteiger partial charge in [0.1, 0.15) is 12.6 Å². The second kappa shape index (κ2) is 7.78. The number of rotatable bonds is 7. The van der Waals surface area contributed by atoms with Gasteiger partial charge in [0.2, 0.25) is 11.8 Å². The van der Waals surface area contributed by atoms with Crippen LogP contribution in [-0.4, -0.2) is 23.9 Å². The molecule has 0 aliphatic heterocycles. The molecule has 1 aromatic carbocycles. The van der Waals surface area contributed by atoms with Crippen molar-refractivity contribution in [3.63, 3.8) is 0 Å². The quantitative estimate of drug-likeness (QED) is 0.651. The summed E-state index contributed by atoms with van der Waals surface area (Å²) in [6, 6.07) is 8.09. The second-order valence-corrected chi connectivity index (χ2v) is 4.17. The van der Waals surface area contributed by atoms with Gasteiger partial charge in [0, 0.05) is 6.42 Å². The molecule has 1 atom stereocenters. The number of hydrogen-bond donors (Lipinski definition) is 3. The number of carbonyl (C=O) groups excluding carboxylic acids is 3. The van der Waals surface area contributed by atoms with Crippen LogP contribution in [-0.2, 0) is 20.9 Å². The first-order chi connectivity index (χ1) is 9.49. The summed E-state index contributed by atoms with van der Waals surface area (Å²) >= 11 is 0. The molecule has 7 heteroatoms. The van der Waals surface area contributed by atoms with E-state index in [0.29, 0.717) is 0 Å². The fraction of sp³-hybridized carbons (Fsp3) is 0.308. The molecule has 0 radical (unpaired) electrons. The van der Waals surface area contributed by atoms with Crippen molar-refractivity contribution in [2.24, 2.45) is 11.5 Å². The smallest absolute Gasteiger partial charge is 0.408 e. The Morgan fingerprint density at radius 1 is 1.15 bits per heavy atom. The highest BCUT2D eigenvalue weighted by Crippen LogP contribution is 2.02. The van der Waals surface area contributed by atoms with E-state index in [2.05, 4.69) is 5.32 Å². The number of benzene rings is 1. The standard InChI is InChI=1S/C13H17N3O4/c14-11(17)7-6-10(12(15)18)16-13(19)20-8-9-4-2-1-3-5-9/h1-5,10H,6-8H2,(H2,14,17)(H2,15,18)(H,16,19)/t10-/m0/s1. The maximum Gasteiger partial charge on any atom is 0.408 e. The third-order valence-corrected chi connectivity index (χ3v) is 2.53. The van der Waals surface area contributed by atoms with Crippen LogP contribution in [0.1, 0.15) is 18.4 Å². The number of ether oxygens (including phenoxy) is 1. The Morgan fingerprint density at radius 3 is 2.35 bits per heavy atom.